The molecule has 0 aliphatic carbocycles. The van der Waals surface area contributed by atoms with Crippen LogP contribution in [0, 0.1) is 26.6 Å². The highest BCUT2D eigenvalue weighted by atomic mass is 19.1. The van der Waals surface area contributed by atoms with Crippen molar-refractivity contribution in [3.8, 4) is 0 Å². The van der Waals surface area contributed by atoms with E-state index < -0.39 is 0 Å². The van der Waals surface area contributed by atoms with E-state index in [1.165, 1.54) is 16.7 Å². The van der Waals surface area contributed by atoms with Gasteiger partial charge in [0, 0.05) is 11.3 Å². The van der Waals surface area contributed by atoms with Crippen LogP contribution in [-0.4, -0.2) is 0 Å². The Balaban J connectivity index is 1.98. The summed E-state index contributed by atoms with van der Waals surface area (Å²) in [6.07, 6.45) is 4.09. The predicted octanol–water partition coefficient (Wildman–Crippen LogP) is 4.93. The Morgan fingerprint density at radius 1 is 0.950 bits per heavy atom. The lowest BCUT2D eigenvalue weighted by Crippen LogP contribution is -2.13. The quantitative estimate of drug-likeness (QED) is 0.772. The summed E-state index contributed by atoms with van der Waals surface area (Å²) in [4.78, 5) is 0. The first-order chi connectivity index (χ1) is 9.52. The molecular formula is C18H18FN. The van der Waals surface area contributed by atoms with Crippen molar-refractivity contribution in [2.75, 3.05) is 5.32 Å². The zero-order valence-corrected chi connectivity index (χ0v) is 12.0. The maximum absolute atomic E-state index is 13.6. The van der Waals surface area contributed by atoms with Gasteiger partial charge in [-0.3, -0.25) is 0 Å². The van der Waals surface area contributed by atoms with Gasteiger partial charge in [-0.2, -0.15) is 0 Å². The monoisotopic (exact) mass is 267 g/mol. The SMILES string of the molecule is Cc1cc(C)cc(C2C=Cc3cc(F)c(C)cc3N2)c1. The predicted molar refractivity (Wildman–Crippen MR) is 82.5 cm³/mol. The molecule has 3 rings (SSSR count). The van der Waals surface area contributed by atoms with Gasteiger partial charge >= 0.3 is 0 Å². The molecule has 2 aromatic carbocycles. The van der Waals surface area contributed by atoms with Gasteiger partial charge in [-0.1, -0.05) is 41.5 Å². The number of hydrogen-bond acceptors (Lipinski definition) is 1. The summed E-state index contributed by atoms with van der Waals surface area (Å²) >= 11 is 0. The molecule has 1 aliphatic rings. The number of rotatable bonds is 1. The van der Waals surface area contributed by atoms with E-state index in [1.54, 1.807) is 13.0 Å². The zero-order valence-electron chi connectivity index (χ0n) is 12.0. The summed E-state index contributed by atoms with van der Waals surface area (Å²) < 4.78 is 13.6. The van der Waals surface area contributed by atoms with Crippen molar-refractivity contribution in [2.24, 2.45) is 0 Å². The Labute approximate surface area is 119 Å². The van der Waals surface area contributed by atoms with Gasteiger partial charge in [-0.25, -0.2) is 4.39 Å². The number of hydrogen-bond donors (Lipinski definition) is 1. The number of halogens is 1. The maximum atomic E-state index is 13.6. The van der Waals surface area contributed by atoms with E-state index in [0.717, 1.165) is 11.3 Å². The summed E-state index contributed by atoms with van der Waals surface area (Å²) in [7, 11) is 0. The van der Waals surface area contributed by atoms with Gasteiger partial charge in [-0.15, -0.1) is 0 Å². The van der Waals surface area contributed by atoms with Crippen LogP contribution >= 0.6 is 0 Å². The van der Waals surface area contributed by atoms with Crippen LogP contribution in [-0.2, 0) is 0 Å². The number of anilines is 1. The van der Waals surface area contributed by atoms with E-state index >= 15 is 0 Å². The minimum atomic E-state index is -0.153. The van der Waals surface area contributed by atoms with E-state index in [1.807, 2.05) is 12.1 Å². The minimum Gasteiger partial charge on any atom is -0.374 e. The molecule has 1 nitrogen and oxygen atoms in total. The Hall–Kier alpha value is -2.09. The fraction of sp³-hybridized carbons (Fsp3) is 0.222. The molecule has 0 bridgehead atoms. The molecule has 2 heteroatoms. The third-order valence-electron chi connectivity index (χ3n) is 3.71. The zero-order chi connectivity index (χ0) is 14.3. The summed E-state index contributed by atoms with van der Waals surface area (Å²) in [6, 6.07) is 10.2. The first-order valence-corrected chi connectivity index (χ1v) is 6.86. The van der Waals surface area contributed by atoms with Crippen LogP contribution in [0.1, 0.15) is 33.9 Å². The van der Waals surface area contributed by atoms with Crippen LogP contribution in [0.25, 0.3) is 6.08 Å². The third-order valence-corrected chi connectivity index (χ3v) is 3.71. The fourth-order valence-electron chi connectivity index (χ4n) is 2.76. The van der Waals surface area contributed by atoms with E-state index in [4.69, 9.17) is 0 Å². The van der Waals surface area contributed by atoms with E-state index in [9.17, 15) is 4.39 Å². The van der Waals surface area contributed by atoms with E-state index in [-0.39, 0.29) is 11.9 Å². The molecule has 20 heavy (non-hydrogen) atoms. The van der Waals surface area contributed by atoms with Gasteiger partial charge < -0.3 is 5.32 Å². The topological polar surface area (TPSA) is 12.0 Å². The lowest BCUT2D eigenvalue weighted by molar-refractivity contribution is 0.618. The number of benzene rings is 2. The molecule has 0 saturated heterocycles. The van der Waals surface area contributed by atoms with Gasteiger partial charge in [-0.05, 0) is 44.0 Å². The van der Waals surface area contributed by atoms with Crippen molar-refractivity contribution in [1.29, 1.82) is 0 Å². The molecule has 0 amide bonds. The van der Waals surface area contributed by atoms with Crippen LogP contribution < -0.4 is 5.32 Å². The highest BCUT2D eigenvalue weighted by Gasteiger charge is 2.16. The summed E-state index contributed by atoms with van der Waals surface area (Å²) in [6.45, 7) is 6.01. The van der Waals surface area contributed by atoms with Crippen molar-refractivity contribution in [2.45, 2.75) is 26.8 Å². The normalized spacial score (nSPS) is 16.7. The van der Waals surface area contributed by atoms with E-state index in [2.05, 4.69) is 43.4 Å². The van der Waals surface area contributed by atoms with Crippen molar-refractivity contribution in [3.05, 3.63) is 70.0 Å². The summed E-state index contributed by atoms with van der Waals surface area (Å²) in [5, 5.41) is 3.48. The molecule has 2 aromatic rings. The Kier molecular flexibility index (Phi) is 3.09. The van der Waals surface area contributed by atoms with Crippen molar-refractivity contribution in [3.63, 3.8) is 0 Å². The maximum Gasteiger partial charge on any atom is 0.126 e. The largest absolute Gasteiger partial charge is 0.374 e. The second-order valence-corrected chi connectivity index (χ2v) is 5.59. The standard InChI is InChI=1S/C18H18FN/c1-11-6-12(2)8-15(7-11)17-5-4-14-10-16(19)13(3)9-18(14)20-17/h4-10,17,20H,1-3H3. The van der Waals surface area contributed by atoms with Crippen LogP contribution in [0.5, 0.6) is 0 Å². The van der Waals surface area contributed by atoms with Gasteiger partial charge in [0.05, 0.1) is 6.04 Å². The Bertz CT molecular complexity index is 681. The first-order valence-electron chi connectivity index (χ1n) is 6.86. The van der Waals surface area contributed by atoms with Gasteiger partial charge in [0.25, 0.3) is 0 Å². The first kappa shape index (κ1) is 12.9. The Morgan fingerprint density at radius 3 is 2.35 bits per heavy atom. The molecule has 0 aromatic heterocycles. The second-order valence-electron chi connectivity index (χ2n) is 5.59. The smallest absolute Gasteiger partial charge is 0.126 e. The fourth-order valence-corrected chi connectivity index (χ4v) is 2.76. The number of aryl methyl sites for hydroxylation is 3. The molecule has 0 fully saturated rings. The lowest BCUT2D eigenvalue weighted by Gasteiger charge is -2.24. The average Bonchev–Trinajstić information content (AvgIpc) is 2.38. The molecule has 1 unspecified atom stereocenters. The minimum absolute atomic E-state index is 0.144. The van der Waals surface area contributed by atoms with Crippen molar-refractivity contribution < 1.29 is 4.39 Å². The van der Waals surface area contributed by atoms with Crippen LogP contribution in [0.3, 0.4) is 0 Å². The highest BCUT2D eigenvalue weighted by Crippen LogP contribution is 2.32. The highest BCUT2D eigenvalue weighted by molar-refractivity contribution is 5.72. The van der Waals surface area contributed by atoms with Gasteiger partial charge in [0.2, 0.25) is 0 Å². The van der Waals surface area contributed by atoms with Crippen molar-refractivity contribution >= 4 is 11.8 Å². The van der Waals surface area contributed by atoms with Crippen LogP contribution in [0.4, 0.5) is 10.1 Å². The van der Waals surface area contributed by atoms with Crippen molar-refractivity contribution in [1.82, 2.24) is 0 Å². The molecule has 0 spiro atoms. The summed E-state index contributed by atoms with van der Waals surface area (Å²) in [5.74, 6) is -0.153. The average molecular weight is 267 g/mol. The molecule has 102 valence electrons. The summed E-state index contributed by atoms with van der Waals surface area (Å²) in [5.41, 5.74) is 6.34. The van der Waals surface area contributed by atoms with E-state index in [0.29, 0.717) is 5.56 Å². The number of fused-ring (bicyclic) bond motifs is 1. The molecule has 1 aliphatic heterocycles. The molecular weight excluding hydrogens is 249 g/mol. The van der Waals surface area contributed by atoms with Gasteiger partial charge in [0.1, 0.15) is 5.82 Å². The Morgan fingerprint density at radius 2 is 1.65 bits per heavy atom. The molecule has 0 radical (unpaired) electrons. The van der Waals surface area contributed by atoms with Crippen LogP contribution in [0.15, 0.2) is 36.4 Å². The third kappa shape index (κ3) is 2.34. The molecule has 1 N–H and O–H groups in total. The van der Waals surface area contributed by atoms with Crippen LogP contribution in [0.2, 0.25) is 0 Å². The molecule has 1 heterocycles. The second kappa shape index (κ2) is 4.78. The lowest BCUT2D eigenvalue weighted by atomic mass is 9.96. The molecule has 1 atom stereocenters. The number of nitrogens with one attached hydrogen (secondary N) is 1. The van der Waals surface area contributed by atoms with Gasteiger partial charge in [0.15, 0.2) is 0 Å². The molecule has 0 saturated carbocycles.